The van der Waals surface area contributed by atoms with Crippen molar-refractivity contribution in [1.82, 2.24) is 20.4 Å². The van der Waals surface area contributed by atoms with Gasteiger partial charge in [0, 0.05) is 5.56 Å². The first kappa shape index (κ1) is 20.1. The van der Waals surface area contributed by atoms with E-state index in [9.17, 15) is 14.4 Å². The van der Waals surface area contributed by atoms with Crippen LogP contribution in [0.1, 0.15) is 51.5 Å². The van der Waals surface area contributed by atoms with Crippen molar-refractivity contribution in [2.45, 2.75) is 51.2 Å². The van der Waals surface area contributed by atoms with Crippen LogP contribution < -0.4 is 5.32 Å². The number of carbonyl (C=O) groups excluding carboxylic acids is 3. The van der Waals surface area contributed by atoms with Gasteiger partial charge >= 0.3 is 12.0 Å². The molecule has 3 atom stereocenters. The molecule has 158 valence electrons. The summed E-state index contributed by atoms with van der Waals surface area (Å²) in [5.41, 5.74) is -0.154. The summed E-state index contributed by atoms with van der Waals surface area (Å²) in [6, 6.07) is 8.67. The fraction of sp³-hybridized carbons (Fsp3) is 0.476. The summed E-state index contributed by atoms with van der Waals surface area (Å²) in [6.45, 7) is 3.10. The fourth-order valence-electron chi connectivity index (χ4n) is 4.15. The molecule has 2 heterocycles. The average Bonchev–Trinajstić information content (AvgIpc) is 3.32. The summed E-state index contributed by atoms with van der Waals surface area (Å²) in [4.78, 5) is 38.7. The van der Waals surface area contributed by atoms with Crippen LogP contribution in [0, 0.1) is 5.92 Å². The summed E-state index contributed by atoms with van der Waals surface area (Å²) < 4.78 is 10.9. The van der Waals surface area contributed by atoms with E-state index < -0.39 is 30.2 Å². The van der Waals surface area contributed by atoms with E-state index in [2.05, 4.69) is 15.5 Å². The van der Waals surface area contributed by atoms with Crippen molar-refractivity contribution >= 4 is 17.9 Å². The second kappa shape index (κ2) is 7.89. The minimum absolute atomic E-state index is 0.0254. The van der Waals surface area contributed by atoms with Gasteiger partial charge in [-0.05, 0) is 37.8 Å². The van der Waals surface area contributed by atoms with Gasteiger partial charge in [0.05, 0.1) is 0 Å². The second-order valence-corrected chi connectivity index (χ2v) is 7.88. The number of nitrogens with zero attached hydrogens (tertiary/aromatic N) is 3. The summed E-state index contributed by atoms with van der Waals surface area (Å²) >= 11 is 0. The first-order valence-corrected chi connectivity index (χ1v) is 10.1. The van der Waals surface area contributed by atoms with Gasteiger partial charge in [-0.3, -0.25) is 14.5 Å². The maximum Gasteiger partial charge on any atom is 0.327 e. The second-order valence-electron chi connectivity index (χ2n) is 7.88. The molecule has 1 saturated heterocycles. The first-order valence-electron chi connectivity index (χ1n) is 10.1. The smallest absolute Gasteiger partial charge is 0.327 e. The molecule has 9 heteroatoms. The third-order valence-electron chi connectivity index (χ3n) is 5.91. The van der Waals surface area contributed by atoms with Crippen LogP contribution in [-0.2, 0) is 14.3 Å². The lowest BCUT2D eigenvalue weighted by molar-refractivity contribution is -0.153. The molecule has 1 spiro atoms. The highest BCUT2D eigenvalue weighted by Crippen LogP contribution is 2.38. The van der Waals surface area contributed by atoms with Crippen molar-refractivity contribution < 1.29 is 23.5 Å². The lowest BCUT2D eigenvalue weighted by Gasteiger charge is -2.36. The van der Waals surface area contributed by atoms with Crippen molar-refractivity contribution in [3.05, 3.63) is 36.2 Å². The van der Waals surface area contributed by atoms with Gasteiger partial charge in [-0.25, -0.2) is 4.79 Å². The molecular weight excluding hydrogens is 388 g/mol. The Balaban J connectivity index is 1.39. The molecule has 0 bridgehead atoms. The number of hydrogen-bond acceptors (Lipinski definition) is 7. The molecule has 9 nitrogen and oxygen atoms in total. The molecule has 0 unspecified atom stereocenters. The van der Waals surface area contributed by atoms with Crippen molar-refractivity contribution in [3.8, 4) is 11.5 Å². The average molecular weight is 412 g/mol. The Kier molecular flexibility index (Phi) is 5.27. The van der Waals surface area contributed by atoms with Gasteiger partial charge in [-0.15, -0.1) is 10.2 Å². The Hall–Kier alpha value is -3.23. The van der Waals surface area contributed by atoms with Crippen LogP contribution >= 0.6 is 0 Å². The predicted molar refractivity (Wildman–Crippen MR) is 105 cm³/mol. The van der Waals surface area contributed by atoms with Gasteiger partial charge in [0.15, 0.2) is 6.10 Å². The molecule has 3 amide bonds. The zero-order chi connectivity index (χ0) is 21.3. The lowest BCUT2D eigenvalue weighted by atomic mass is 9.73. The van der Waals surface area contributed by atoms with E-state index in [1.54, 1.807) is 6.92 Å². The number of hydrogen-bond donors (Lipinski definition) is 1. The highest BCUT2D eigenvalue weighted by Gasteiger charge is 2.55. The number of aromatic nitrogens is 2. The van der Waals surface area contributed by atoms with Crippen LogP contribution in [0.4, 0.5) is 4.79 Å². The van der Waals surface area contributed by atoms with Gasteiger partial charge in [-0.1, -0.05) is 38.0 Å². The molecule has 0 radical (unpaired) electrons. The molecule has 1 aromatic carbocycles. The summed E-state index contributed by atoms with van der Waals surface area (Å²) in [7, 11) is 0. The largest absolute Gasteiger partial charge is 0.451 e. The van der Waals surface area contributed by atoms with Crippen molar-refractivity contribution in [1.29, 1.82) is 0 Å². The molecule has 1 saturated carbocycles. The van der Waals surface area contributed by atoms with Gasteiger partial charge in [0.1, 0.15) is 12.1 Å². The van der Waals surface area contributed by atoms with Gasteiger partial charge in [0.25, 0.3) is 11.8 Å². The van der Waals surface area contributed by atoms with E-state index in [0.29, 0.717) is 12.3 Å². The fourth-order valence-corrected chi connectivity index (χ4v) is 4.15. The Morgan fingerprint density at radius 1 is 1.30 bits per heavy atom. The normalized spacial score (nSPS) is 24.7. The Labute approximate surface area is 173 Å². The number of carbonyl (C=O) groups is 3. The Morgan fingerprint density at radius 3 is 2.80 bits per heavy atom. The molecule has 1 N–H and O–H groups in total. The third kappa shape index (κ3) is 3.55. The minimum Gasteiger partial charge on any atom is -0.451 e. The summed E-state index contributed by atoms with van der Waals surface area (Å²) in [6.07, 6.45) is 2.53. The highest BCUT2D eigenvalue weighted by atomic mass is 16.6. The van der Waals surface area contributed by atoms with Gasteiger partial charge in [0.2, 0.25) is 5.89 Å². The highest BCUT2D eigenvalue weighted by molar-refractivity contribution is 6.09. The molecule has 1 aliphatic carbocycles. The maximum atomic E-state index is 12.9. The standard InChI is InChI=1S/C21H24N4O5/c1-13-8-6-7-11-21(13)19(27)25(20(28)22-21)12-16(26)29-14(2)17-23-24-18(30-17)15-9-4-3-5-10-15/h3-5,9-10,13-14H,6-8,11-12H2,1-2H3,(H,22,28)/t13-,14-,21-/m0/s1. The quantitative estimate of drug-likeness (QED) is 0.593. The van der Waals surface area contributed by atoms with E-state index >= 15 is 0 Å². The summed E-state index contributed by atoms with van der Waals surface area (Å²) in [5, 5.41) is 10.7. The third-order valence-corrected chi connectivity index (χ3v) is 5.91. The van der Waals surface area contributed by atoms with E-state index in [-0.39, 0.29) is 17.7 Å². The number of urea groups is 1. The van der Waals surface area contributed by atoms with E-state index in [1.165, 1.54) is 0 Å². The molecule has 1 aromatic heterocycles. The van der Waals surface area contributed by atoms with Crippen LogP contribution in [0.2, 0.25) is 0 Å². The van der Waals surface area contributed by atoms with Crippen molar-refractivity contribution in [2.24, 2.45) is 5.92 Å². The van der Waals surface area contributed by atoms with Crippen LogP contribution in [0.25, 0.3) is 11.5 Å². The molecule has 2 fully saturated rings. The molecule has 1 aliphatic heterocycles. The summed E-state index contributed by atoms with van der Waals surface area (Å²) in [5.74, 6) is -0.593. The number of benzene rings is 1. The minimum atomic E-state index is -0.904. The molecule has 4 rings (SSSR count). The monoisotopic (exact) mass is 412 g/mol. The Morgan fingerprint density at radius 2 is 2.07 bits per heavy atom. The van der Waals surface area contributed by atoms with Crippen LogP contribution in [0.15, 0.2) is 34.7 Å². The van der Waals surface area contributed by atoms with Crippen molar-refractivity contribution in [2.75, 3.05) is 6.54 Å². The number of imide groups is 1. The van der Waals surface area contributed by atoms with E-state index in [1.807, 2.05) is 37.3 Å². The number of rotatable bonds is 5. The first-order chi connectivity index (χ1) is 14.4. The molecule has 2 aromatic rings. The zero-order valence-electron chi connectivity index (χ0n) is 17.0. The zero-order valence-corrected chi connectivity index (χ0v) is 17.0. The number of nitrogens with one attached hydrogen (secondary N) is 1. The number of esters is 1. The van der Waals surface area contributed by atoms with Gasteiger partial charge in [-0.2, -0.15) is 0 Å². The molecule has 2 aliphatic rings. The lowest BCUT2D eigenvalue weighted by Crippen LogP contribution is -2.54. The van der Waals surface area contributed by atoms with Gasteiger partial charge < -0.3 is 14.5 Å². The number of amides is 3. The predicted octanol–water partition coefficient (Wildman–Crippen LogP) is 2.84. The SMILES string of the molecule is C[C@H](OC(=O)CN1C(=O)N[C@]2(CCCC[C@@H]2C)C1=O)c1nnc(-c2ccccc2)o1. The van der Waals surface area contributed by atoms with Crippen molar-refractivity contribution in [3.63, 3.8) is 0 Å². The van der Waals surface area contributed by atoms with Crippen LogP contribution in [0.3, 0.4) is 0 Å². The molecular formula is C21H24N4O5. The van der Waals surface area contributed by atoms with E-state index in [0.717, 1.165) is 29.7 Å². The molecule has 30 heavy (non-hydrogen) atoms. The number of ether oxygens (including phenoxy) is 1. The van der Waals surface area contributed by atoms with Crippen LogP contribution in [-0.4, -0.2) is 45.1 Å². The Bertz CT molecular complexity index is 959. The maximum absolute atomic E-state index is 12.9. The van der Waals surface area contributed by atoms with Crippen LogP contribution in [0.5, 0.6) is 0 Å². The topological polar surface area (TPSA) is 115 Å². The van der Waals surface area contributed by atoms with E-state index in [4.69, 9.17) is 9.15 Å².